The minimum absolute atomic E-state index is 0.0762. The van der Waals surface area contributed by atoms with Gasteiger partial charge in [0.25, 0.3) is 5.91 Å². The van der Waals surface area contributed by atoms with Gasteiger partial charge in [0.15, 0.2) is 0 Å². The van der Waals surface area contributed by atoms with Crippen LogP contribution in [0.3, 0.4) is 0 Å². The summed E-state index contributed by atoms with van der Waals surface area (Å²) in [6, 6.07) is 6.10. The molecule has 0 bridgehead atoms. The van der Waals surface area contributed by atoms with Crippen molar-refractivity contribution in [2.45, 2.75) is 31.7 Å². The third-order valence-corrected chi connectivity index (χ3v) is 5.01. The summed E-state index contributed by atoms with van der Waals surface area (Å²) >= 11 is 0. The van der Waals surface area contributed by atoms with E-state index in [0.717, 1.165) is 38.3 Å². The first kappa shape index (κ1) is 15.2. The summed E-state index contributed by atoms with van der Waals surface area (Å²) in [5.41, 5.74) is 0.680. The Balaban J connectivity index is 1.44. The van der Waals surface area contributed by atoms with Crippen LogP contribution in [0, 0.1) is 0 Å². The highest BCUT2D eigenvalue weighted by molar-refractivity contribution is 5.94. The highest BCUT2D eigenvalue weighted by Gasteiger charge is 2.26. The van der Waals surface area contributed by atoms with Crippen LogP contribution < -0.4 is 4.90 Å². The minimum Gasteiger partial charge on any atom is -0.357 e. The molecular formula is C18H23N5O. The Morgan fingerprint density at radius 1 is 1.12 bits per heavy atom. The first-order chi connectivity index (χ1) is 11.8. The SMILES string of the molecule is O=C(c1ccc(N2CCCC2)nc1)N1CCCC(n2cccn2)C1. The topological polar surface area (TPSA) is 54.3 Å². The maximum absolute atomic E-state index is 12.8. The lowest BCUT2D eigenvalue weighted by atomic mass is 10.0. The first-order valence-corrected chi connectivity index (χ1v) is 8.81. The van der Waals surface area contributed by atoms with Gasteiger partial charge in [-0.25, -0.2) is 4.98 Å². The van der Waals surface area contributed by atoms with E-state index < -0.39 is 0 Å². The van der Waals surface area contributed by atoms with E-state index in [1.807, 2.05) is 34.0 Å². The van der Waals surface area contributed by atoms with Gasteiger partial charge >= 0.3 is 0 Å². The lowest BCUT2D eigenvalue weighted by molar-refractivity contribution is 0.0672. The summed E-state index contributed by atoms with van der Waals surface area (Å²) < 4.78 is 1.97. The van der Waals surface area contributed by atoms with E-state index in [4.69, 9.17) is 0 Å². The molecule has 1 atom stereocenters. The van der Waals surface area contributed by atoms with Crippen molar-refractivity contribution in [1.29, 1.82) is 0 Å². The van der Waals surface area contributed by atoms with Gasteiger partial charge in [0.2, 0.25) is 0 Å². The summed E-state index contributed by atoms with van der Waals surface area (Å²) in [6.45, 7) is 3.66. The van der Waals surface area contributed by atoms with Crippen LogP contribution in [-0.4, -0.2) is 51.8 Å². The van der Waals surface area contributed by atoms with Crippen LogP contribution in [0.15, 0.2) is 36.8 Å². The summed E-state index contributed by atoms with van der Waals surface area (Å²) in [6.07, 6.45) is 10.0. The molecule has 2 aliphatic rings. The Morgan fingerprint density at radius 3 is 2.71 bits per heavy atom. The molecule has 24 heavy (non-hydrogen) atoms. The van der Waals surface area contributed by atoms with Crippen LogP contribution in [0.5, 0.6) is 0 Å². The van der Waals surface area contributed by atoms with Crippen molar-refractivity contribution in [1.82, 2.24) is 19.7 Å². The van der Waals surface area contributed by atoms with Gasteiger partial charge in [0.1, 0.15) is 5.82 Å². The largest absolute Gasteiger partial charge is 0.357 e. The van der Waals surface area contributed by atoms with E-state index in [9.17, 15) is 4.79 Å². The quantitative estimate of drug-likeness (QED) is 0.869. The van der Waals surface area contributed by atoms with Crippen molar-refractivity contribution >= 4 is 11.7 Å². The lowest BCUT2D eigenvalue weighted by Crippen LogP contribution is -2.40. The van der Waals surface area contributed by atoms with Crippen LogP contribution in [0.1, 0.15) is 42.1 Å². The molecule has 126 valence electrons. The third kappa shape index (κ3) is 3.00. The Morgan fingerprint density at radius 2 is 2.00 bits per heavy atom. The molecule has 1 unspecified atom stereocenters. The second kappa shape index (κ2) is 6.63. The molecule has 2 aromatic rings. The number of amides is 1. The Hall–Kier alpha value is -2.37. The van der Waals surface area contributed by atoms with Gasteiger partial charge < -0.3 is 9.80 Å². The molecule has 6 nitrogen and oxygen atoms in total. The van der Waals surface area contributed by atoms with Crippen LogP contribution in [-0.2, 0) is 0 Å². The van der Waals surface area contributed by atoms with Crippen LogP contribution >= 0.6 is 0 Å². The van der Waals surface area contributed by atoms with E-state index in [2.05, 4.69) is 15.0 Å². The number of carbonyl (C=O) groups excluding carboxylic acids is 1. The Labute approximate surface area is 142 Å². The highest BCUT2D eigenvalue weighted by Crippen LogP contribution is 2.23. The van der Waals surface area contributed by atoms with Crippen molar-refractivity contribution in [2.75, 3.05) is 31.1 Å². The molecule has 1 amide bonds. The minimum atomic E-state index is 0.0762. The molecule has 2 saturated heterocycles. The highest BCUT2D eigenvalue weighted by atomic mass is 16.2. The van der Waals surface area contributed by atoms with Gasteiger partial charge in [0, 0.05) is 44.8 Å². The maximum atomic E-state index is 12.8. The second-order valence-corrected chi connectivity index (χ2v) is 6.63. The summed E-state index contributed by atoms with van der Waals surface area (Å²) in [7, 11) is 0. The maximum Gasteiger partial charge on any atom is 0.255 e. The summed E-state index contributed by atoms with van der Waals surface area (Å²) in [5, 5.41) is 4.32. The fourth-order valence-electron chi connectivity index (χ4n) is 3.68. The number of rotatable bonds is 3. The average molecular weight is 325 g/mol. The number of piperidine rings is 1. The number of hydrogen-bond donors (Lipinski definition) is 0. The molecule has 0 aliphatic carbocycles. The number of hydrogen-bond acceptors (Lipinski definition) is 4. The van der Waals surface area contributed by atoms with E-state index >= 15 is 0 Å². The van der Waals surface area contributed by atoms with Crippen molar-refractivity contribution < 1.29 is 4.79 Å². The van der Waals surface area contributed by atoms with Crippen LogP contribution in [0.4, 0.5) is 5.82 Å². The number of pyridine rings is 1. The zero-order chi connectivity index (χ0) is 16.4. The van der Waals surface area contributed by atoms with Crippen molar-refractivity contribution in [3.63, 3.8) is 0 Å². The van der Waals surface area contributed by atoms with Crippen molar-refractivity contribution in [2.24, 2.45) is 0 Å². The predicted octanol–water partition coefficient (Wildman–Crippen LogP) is 2.36. The Bertz CT molecular complexity index is 676. The van der Waals surface area contributed by atoms with Gasteiger partial charge in [0.05, 0.1) is 11.6 Å². The Kier molecular flexibility index (Phi) is 4.19. The van der Waals surface area contributed by atoms with E-state index in [0.29, 0.717) is 12.1 Å². The molecule has 2 aliphatic heterocycles. The molecule has 0 N–H and O–H groups in total. The molecule has 6 heteroatoms. The lowest BCUT2D eigenvalue weighted by Gasteiger charge is -2.33. The van der Waals surface area contributed by atoms with E-state index in [1.165, 1.54) is 12.8 Å². The number of likely N-dealkylation sites (tertiary alicyclic amines) is 1. The van der Waals surface area contributed by atoms with Crippen LogP contribution in [0.2, 0.25) is 0 Å². The summed E-state index contributed by atoms with van der Waals surface area (Å²) in [4.78, 5) is 21.5. The summed E-state index contributed by atoms with van der Waals surface area (Å²) in [5.74, 6) is 1.06. The van der Waals surface area contributed by atoms with Crippen LogP contribution in [0.25, 0.3) is 0 Å². The zero-order valence-electron chi connectivity index (χ0n) is 13.8. The van der Waals surface area contributed by atoms with Crippen molar-refractivity contribution in [3.8, 4) is 0 Å². The predicted molar refractivity (Wildman–Crippen MR) is 92.1 cm³/mol. The van der Waals surface area contributed by atoms with E-state index in [-0.39, 0.29) is 11.9 Å². The van der Waals surface area contributed by atoms with E-state index in [1.54, 1.807) is 12.4 Å². The van der Waals surface area contributed by atoms with Gasteiger partial charge in [-0.2, -0.15) is 5.10 Å². The normalized spacial score (nSPS) is 21.2. The molecule has 0 saturated carbocycles. The third-order valence-electron chi connectivity index (χ3n) is 5.01. The molecule has 2 aromatic heterocycles. The van der Waals surface area contributed by atoms with Gasteiger partial charge in [-0.05, 0) is 43.9 Å². The number of anilines is 1. The second-order valence-electron chi connectivity index (χ2n) is 6.63. The standard InChI is InChI=1S/C18H23N5O/c24-18(15-6-7-17(19-13-15)21-9-1-2-10-21)22-11-3-5-16(14-22)23-12-4-8-20-23/h4,6-8,12-13,16H,1-3,5,9-11,14H2. The monoisotopic (exact) mass is 325 g/mol. The molecule has 0 aromatic carbocycles. The smallest absolute Gasteiger partial charge is 0.255 e. The van der Waals surface area contributed by atoms with Gasteiger partial charge in [-0.3, -0.25) is 9.48 Å². The molecule has 2 fully saturated rings. The fraction of sp³-hybridized carbons (Fsp3) is 0.500. The molecule has 4 rings (SSSR count). The van der Waals surface area contributed by atoms with Crippen molar-refractivity contribution in [3.05, 3.63) is 42.4 Å². The first-order valence-electron chi connectivity index (χ1n) is 8.81. The zero-order valence-corrected chi connectivity index (χ0v) is 13.8. The number of aromatic nitrogens is 3. The molecule has 0 spiro atoms. The molecule has 0 radical (unpaired) electrons. The number of carbonyl (C=O) groups is 1. The average Bonchev–Trinajstić information content (AvgIpc) is 3.35. The molecular weight excluding hydrogens is 302 g/mol. The number of nitrogens with zero attached hydrogens (tertiary/aromatic N) is 5. The van der Waals surface area contributed by atoms with Gasteiger partial charge in [-0.15, -0.1) is 0 Å². The van der Waals surface area contributed by atoms with Gasteiger partial charge in [-0.1, -0.05) is 0 Å². The fourth-order valence-corrected chi connectivity index (χ4v) is 3.68. The molecule has 4 heterocycles.